The lowest BCUT2D eigenvalue weighted by molar-refractivity contribution is 0.102. The van der Waals surface area contributed by atoms with Crippen molar-refractivity contribution in [3.63, 3.8) is 0 Å². The third-order valence-corrected chi connectivity index (χ3v) is 4.70. The van der Waals surface area contributed by atoms with Gasteiger partial charge in [0.2, 0.25) is 0 Å². The second-order valence-corrected chi connectivity index (χ2v) is 7.56. The number of rotatable bonds is 2. The van der Waals surface area contributed by atoms with E-state index in [4.69, 9.17) is 0 Å². The Labute approximate surface area is 139 Å². The maximum Gasteiger partial charge on any atom is 0.189 e. The molecule has 0 radical (unpaired) electrons. The molecule has 0 amide bonds. The van der Waals surface area contributed by atoms with E-state index in [-0.39, 0.29) is 17.1 Å². The third kappa shape index (κ3) is 3.14. The molecule has 0 saturated heterocycles. The van der Waals surface area contributed by atoms with E-state index in [9.17, 15) is 4.79 Å². The maximum atomic E-state index is 12.9. The molecule has 1 atom stereocenters. The number of Topliss-reactive ketones (excluding diaryl/α,β-unsaturated/α-hetero) is 1. The Morgan fingerprint density at radius 3 is 2.30 bits per heavy atom. The first-order valence-electron chi connectivity index (χ1n) is 8.31. The summed E-state index contributed by atoms with van der Waals surface area (Å²) in [6.45, 7) is 8.70. The molecule has 0 N–H and O–H groups in total. The number of hydrogen-bond acceptors (Lipinski definition) is 1. The molecule has 1 unspecified atom stereocenters. The van der Waals surface area contributed by atoms with Crippen LogP contribution in [0.4, 0.5) is 0 Å². The van der Waals surface area contributed by atoms with Crippen molar-refractivity contribution in [2.45, 2.75) is 39.5 Å². The monoisotopic (exact) mass is 304 g/mol. The fraction of sp³-hybridized carbons (Fsp3) is 0.318. The lowest BCUT2D eigenvalue weighted by Gasteiger charge is -2.23. The molecule has 2 aromatic carbocycles. The van der Waals surface area contributed by atoms with Crippen LogP contribution in [0.1, 0.15) is 54.7 Å². The van der Waals surface area contributed by atoms with E-state index in [1.165, 1.54) is 16.7 Å². The molecule has 0 heterocycles. The van der Waals surface area contributed by atoms with Gasteiger partial charge in [0.1, 0.15) is 0 Å². The molecule has 1 nitrogen and oxygen atoms in total. The van der Waals surface area contributed by atoms with Gasteiger partial charge in [0.25, 0.3) is 0 Å². The van der Waals surface area contributed by atoms with Crippen LogP contribution >= 0.6 is 0 Å². The fourth-order valence-corrected chi connectivity index (χ4v) is 3.19. The minimum atomic E-state index is 0.109. The van der Waals surface area contributed by atoms with Crippen molar-refractivity contribution in [1.29, 1.82) is 0 Å². The van der Waals surface area contributed by atoms with Crippen LogP contribution in [0.2, 0.25) is 0 Å². The molecule has 0 spiro atoms. The van der Waals surface area contributed by atoms with Crippen LogP contribution in [0, 0.1) is 5.92 Å². The van der Waals surface area contributed by atoms with E-state index in [0.29, 0.717) is 0 Å². The summed E-state index contributed by atoms with van der Waals surface area (Å²) in [4.78, 5) is 12.9. The summed E-state index contributed by atoms with van der Waals surface area (Å²) < 4.78 is 0. The van der Waals surface area contributed by atoms with Crippen molar-refractivity contribution < 1.29 is 4.79 Å². The number of carbonyl (C=O) groups is 1. The van der Waals surface area contributed by atoms with Crippen LogP contribution in [0.25, 0.3) is 6.08 Å². The van der Waals surface area contributed by atoms with Gasteiger partial charge in [-0.05, 0) is 40.5 Å². The fourth-order valence-electron chi connectivity index (χ4n) is 3.19. The third-order valence-electron chi connectivity index (χ3n) is 4.70. The first kappa shape index (κ1) is 15.7. The van der Waals surface area contributed by atoms with E-state index in [2.05, 4.69) is 64.1 Å². The van der Waals surface area contributed by atoms with Gasteiger partial charge in [0, 0.05) is 11.1 Å². The Hall–Kier alpha value is -2.15. The van der Waals surface area contributed by atoms with Crippen LogP contribution in [0.15, 0.2) is 54.1 Å². The number of ketones is 1. The SMILES string of the molecule is CC1Cc2ccccc2C=C1C(=O)c1ccc(C(C)(C)C)cc1. The standard InChI is InChI=1S/C22H24O/c1-15-13-17-7-5-6-8-18(17)14-20(15)21(23)16-9-11-19(12-10-16)22(2,3)4/h5-12,14-15H,13H2,1-4H3. The molecule has 2 aromatic rings. The Kier molecular flexibility index (Phi) is 3.97. The summed E-state index contributed by atoms with van der Waals surface area (Å²) in [5, 5.41) is 0. The Morgan fingerprint density at radius 2 is 1.65 bits per heavy atom. The van der Waals surface area contributed by atoms with E-state index in [1.807, 2.05) is 18.2 Å². The first-order chi connectivity index (χ1) is 10.9. The van der Waals surface area contributed by atoms with Crippen LogP contribution in [0.5, 0.6) is 0 Å². The molecule has 0 aliphatic heterocycles. The van der Waals surface area contributed by atoms with Gasteiger partial charge in [-0.2, -0.15) is 0 Å². The predicted octanol–water partition coefficient (Wildman–Crippen LogP) is 5.44. The summed E-state index contributed by atoms with van der Waals surface area (Å²) in [6.07, 6.45) is 3.01. The normalized spacial score (nSPS) is 17.4. The molecule has 1 heteroatoms. The average Bonchev–Trinajstić information content (AvgIpc) is 2.53. The van der Waals surface area contributed by atoms with Crippen LogP contribution < -0.4 is 0 Å². The second-order valence-electron chi connectivity index (χ2n) is 7.56. The van der Waals surface area contributed by atoms with Gasteiger partial charge in [-0.3, -0.25) is 4.79 Å². The lowest BCUT2D eigenvalue weighted by atomic mass is 9.81. The molecular formula is C22H24O. The molecule has 23 heavy (non-hydrogen) atoms. The van der Waals surface area contributed by atoms with E-state index < -0.39 is 0 Å². The van der Waals surface area contributed by atoms with Crippen molar-refractivity contribution in [3.05, 3.63) is 76.4 Å². The van der Waals surface area contributed by atoms with Gasteiger partial charge in [0.15, 0.2) is 5.78 Å². The highest BCUT2D eigenvalue weighted by atomic mass is 16.1. The summed E-state index contributed by atoms with van der Waals surface area (Å²) in [5.74, 6) is 0.423. The topological polar surface area (TPSA) is 17.1 Å². The van der Waals surface area contributed by atoms with E-state index in [0.717, 1.165) is 17.6 Å². The van der Waals surface area contributed by atoms with Gasteiger partial charge >= 0.3 is 0 Å². The smallest absolute Gasteiger partial charge is 0.189 e. The highest BCUT2D eigenvalue weighted by molar-refractivity contribution is 6.12. The van der Waals surface area contributed by atoms with E-state index in [1.54, 1.807) is 0 Å². The number of allylic oxidation sites excluding steroid dienone is 1. The van der Waals surface area contributed by atoms with Crippen molar-refractivity contribution in [1.82, 2.24) is 0 Å². The summed E-state index contributed by atoms with van der Waals surface area (Å²) in [6, 6.07) is 16.4. The number of fused-ring (bicyclic) bond motifs is 1. The van der Waals surface area contributed by atoms with Crippen molar-refractivity contribution in [2.75, 3.05) is 0 Å². The summed E-state index contributed by atoms with van der Waals surface area (Å²) in [5.41, 5.74) is 5.59. The first-order valence-corrected chi connectivity index (χ1v) is 8.31. The van der Waals surface area contributed by atoms with Crippen molar-refractivity contribution in [3.8, 4) is 0 Å². The molecular weight excluding hydrogens is 280 g/mol. The minimum absolute atomic E-state index is 0.109. The largest absolute Gasteiger partial charge is 0.289 e. The zero-order valence-corrected chi connectivity index (χ0v) is 14.4. The average molecular weight is 304 g/mol. The molecule has 3 rings (SSSR count). The Balaban J connectivity index is 1.93. The highest BCUT2D eigenvalue weighted by Gasteiger charge is 2.24. The Morgan fingerprint density at radius 1 is 1.00 bits per heavy atom. The quantitative estimate of drug-likeness (QED) is 0.675. The van der Waals surface area contributed by atoms with Crippen molar-refractivity contribution >= 4 is 11.9 Å². The highest BCUT2D eigenvalue weighted by Crippen LogP contribution is 2.31. The van der Waals surface area contributed by atoms with Gasteiger partial charge in [-0.1, -0.05) is 76.2 Å². The molecule has 0 fully saturated rings. The molecule has 1 aliphatic rings. The molecule has 0 aromatic heterocycles. The maximum absolute atomic E-state index is 12.9. The van der Waals surface area contributed by atoms with Gasteiger partial charge in [0.05, 0.1) is 0 Å². The van der Waals surface area contributed by atoms with Gasteiger partial charge in [-0.15, -0.1) is 0 Å². The van der Waals surface area contributed by atoms with Crippen LogP contribution in [-0.4, -0.2) is 5.78 Å². The van der Waals surface area contributed by atoms with Crippen molar-refractivity contribution in [2.24, 2.45) is 5.92 Å². The summed E-state index contributed by atoms with van der Waals surface area (Å²) >= 11 is 0. The van der Waals surface area contributed by atoms with E-state index >= 15 is 0 Å². The van der Waals surface area contributed by atoms with Crippen LogP contribution in [0.3, 0.4) is 0 Å². The predicted molar refractivity (Wildman–Crippen MR) is 96.8 cm³/mol. The van der Waals surface area contributed by atoms with Gasteiger partial charge in [-0.25, -0.2) is 0 Å². The number of hydrogen-bond donors (Lipinski definition) is 0. The molecule has 0 saturated carbocycles. The van der Waals surface area contributed by atoms with Crippen LogP contribution in [-0.2, 0) is 11.8 Å². The molecule has 1 aliphatic carbocycles. The Bertz CT molecular complexity index is 757. The van der Waals surface area contributed by atoms with Gasteiger partial charge < -0.3 is 0 Å². The zero-order chi connectivity index (χ0) is 16.6. The molecule has 0 bridgehead atoms. The number of benzene rings is 2. The minimum Gasteiger partial charge on any atom is -0.289 e. The molecule has 118 valence electrons. The lowest BCUT2D eigenvalue weighted by Crippen LogP contribution is -2.17. The second kappa shape index (κ2) is 5.81. The number of carbonyl (C=O) groups excluding carboxylic acids is 1. The zero-order valence-electron chi connectivity index (χ0n) is 14.4. The summed E-state index contributed by atoms with van der Waals surface area (Å²) in [7, 11) is 0.